The molecule has 1 amide bonds. The molecule has 2 aromatic rings. The number of carbonyl (C=O) groups is 1. The van der Waals surface area contributed by atoms with E-state index in [2.05, 4.69) is 24.3 Å². The van der Waals surface area contributed by atoms with Gasteiger partial charge in [0.05, 0.1) is 18.5 Å². The van der Waals surface area contributed by atoms with Gasteiger partial charge in [-0.25, -0.2) is 0 Å². The fourth-order valence-electron chi connectivity index (χ4n) is 3.51. The minimum atomic E-state index is 0.0391. The smallest absolute Gasteiger partial charge is 0.224 e. The number of likely N-dealkylation sites (N-methyl/N-ethyl adjacent to an activating group) is 1. The summed E-state index contributed by atoms with van der Waals surface area (Å²) in [5.74, 6) is 1.18. The van der Waals surface area contributed by atoms with Crippen LogP contribution in [-0.2, 0) is 18.3 Å². The molecular formula is C18H26N4O2. The van der Waals surface area contributed by atoms with E-state index in [1.165, 1.54) is 0 Å². The number of amides is 1. The summed E-state index contributed by atoms with van der Waals surface area (Å²) in [5.41, 5.74) is 2.23. The monoisotopic (exact) mass is 330 g/mol. The van der Waals surface area contributed by atoms with Crippen molar-refractivity contribution in [1.82, 2.24) is 20.0 Å². The van der Waals surface area contributed by atoms with E-state index in [9.17, 15) is 4.79 Å². The first-order chi connectivity index (χ1) is 11.5. The third-order valence-electron chi connectivity index (χ3n) is 5.08. The van der Waals surface area contributed by atoms with Gasteiger partial charge in [-0.05, 0) is 32.4 Å². The van der Waals surface area contributed by atoms with E-state index in [0.717, 1.165) is 29.9 Å². The zero-order valence-electron chi connectivity index (χ0n) is 14.8. The minimum Gasteiger partial charge on any atom is -0.469 e. The molecule has 0 aromatic carbocycles. The maximum Gasteiger partial charge on any atom is 0.224 e. The molecule has 130 valence electrons. The van der Waals surface area contributed by atoms with Crippen molar-refractivity contribution in [3.05, 3.63) is 41.6 Å². The fraction of sp³-hybridized carbons (Fsp3) is 0.556. The Bertz CT molecular complexity index is 692. The number of nitrogens with zero attached hydrogens (tertiary/aromatic N) is 3. The average Bonchev–Trinajstić information content (AvgIpc) is 3.23. The highest BCUT2D eigenvalue weighted by atomic mass is 16.3. The van der Waals surface area contributed by atoms with Crippen molar-refractivity contribution in [1.29, 1.82) is 0 Å². The highest BCUT2D eigenvalue weighted by molar-refractivity contribution is 5.80. The maximum atomic E-state index is 12.3. The molecule has 0 unspecified atom stereocenters. The summed E-state index contributed by atoms with van der Waals surface area (Å²) in [5, 5.41) is 7.99. The van der Waals surface area contributed by atoms with Crippen molar-refractivity contribution >= 4 is 5.91 Å². The summed E-state index contributed by atoms with van der Waals surface area (Å²) in [7, 11) is 3.82. The van der Waals surface area contributed by atoms with Crippen LogP contribution in [0.1, 0.15) is 42.8 Å². The minimum absolute atomic E-state index is 0.0391. The summed E-state index contributed by atoms with van der Waals surface area (Å²) in [6, 6.07) is 4.37. The van der Waals surface area contributed by atoms with E-state index >= 15 is 0 Å². The molecule has 2 aromatic heterocycles. The molecule has 3 atom stereocenters. The lowest BCUT2D eigenvalue weighted by Crippen LogP contribution is -2.40. The van der Waals surface area contributed by atoms with Crippen LogP contribution < -0.4 is 5.32 Å². The first-order valence-corrected chi connectivity index (χ1v) is 8.50. The molecule has 24 heavy (non-hydrogen) atoms. The molecule has 3 heterocycles. The SMILES string of the molecule is Cc1c([C@H]2[C@H](N[C@H](C)CCc3ccco3)CC(=O)N2C)cnn1C. The molecule has 0 radical (unpaired) electrons. The second-order valence-corrected chi connectivity index (χ2v) is 6.75. The van der Waals surface area contributed by atoms with Gasteiger partial charge in [0.2, 0.25) is 5.91 Å². The molecule has 1 fully saturated rings. The fourth-order valence-corrected chi connectivity index (χ4v) is 3.51. The number of rotatable bonds is 6. The molecule has 1 saturated heterocycles. The number of furan rings is 1. The van der Waals surface area contributed by atoms with Crippen LogP contribution >= 0.6 is 0 Å². The van der Waals surface area contributed by atoms with Crippen LogP contribution in [0.2, 0.25) is 0 Å². The van der Waals surface area contributed by atoms with Crippen LogP contribution in [0.15, 0.2) is 29.0 Å². The van der Waals surface area contributed by atoms with Gasteiger partial charge in [0.25, 0.3) is 0 Å². The first kappa shape index (κ1) is 16.8. The topological polar surface area (TPSA) is 63.3 Å². The molecule has 0 bridgehead atoms. The number of nitrogens with one attached hydrogen (secondary N) is 1. The van der Waals surface area contributed by atoms with Gasteiger partial charge < -0.3 is 14.6 Å². The molecular weight excluding hydrogens is 304 g/mol. The number of hydrogen-bond donors (Lipinski definition) is 1. The Morgan fingerprint density at radius 3 is 2.88 bits per heavy atom. The van der Waals surface area contributed by atoms with E-state index in [1.54, 1.807) is 6.26 Å². The number of aromatic nitrogens is 2. The van der Waals surface area contributed by atoms with Crippen LogP contribution in [0.25, 0.3) is 0 Å². The highest BCUT2D eigenvalue weighted by Gasteiger charge is 2.40. The Morgan fingerprint density at radius 1 is 1.46 bits per heavy atom. The zero-order valence-corrected chi connectivity index (χ0v) is 14.8. The quantitative estimate of drug-likeness (QED) is 0.882. The lowest BCUT2D eigenvalue weighted by molar-refractivity contribution is -0.127. The van der Waals surface area contributed by atoms with Crippen LogP contribution in [0.5, 0.6) is 0 Å². The predicted molar refractivity (Wildman–Crippen MR) is 91.5 cm³/mol. The molecule has 1 aliphatic rings. The lowest BCUT2D eigenvalue weighted by Gasteiger charge is -2.28. The molecule has 1 aliphatic heterocycles. The van der Waals surface area contributed by atoms with Gasteiger partial charge >= 0.3 is 0 Å². The normalized spacial score (nSPS) is 22.3. The third-order valence-corrected chi connectivity index (χ3v) is 5.08. The zero-order chi connectivity index (χ0) is 17.3. The Kier molecular flexibility index (Phi) is 4.76. The van der Waals surface area contributed by atoms with Crippen LogP contribution in [-0.4, -0.2) is 39.7 Å². The van der Waals surface area contributed by atoms with Crippen molar-refractivity contribution in [3.63, 3.8) is 0 Å². The summed E-state index contributed by atoms with van der Waals surface area (Å²) in [6.45, 7) is 4.22. The Balaban J connectivity index is 1.68. The van der Waals surface area contributed by atoms with Gasteiger partial charge in [0.1, 0.15) is 5.76 Å². The summed E-state index contributed by atoms with van der Waals surface area (Å²) in [4.78, 5) is 14.1. The number of likely N-dealkylation sites (tertiary alicyclic amines) is 1. The molecule has 6 heteroatoms. The van der Waals surface area contributed by atoms with Gasteiger partial charge in [-0.15, -0.1) is 0 Å². The van der Waals surface area contributed by atoms with Gasteiger partial charge in [0, 0.05) is 50.3 Å². The Labute approximate surface area is 142 Å². The van der Waals surface area contributed by atoms with Gasteiger partial charge in [-0.3, -0.25) is 9.48 Å². The van der Waals surface area contributed by atoms with Crippen LogP contribution in [0, 0.1) is 6.92 Å². The van der Waals surface area contributed by atoms with E-state index < -0.39 is 0 Å². The largest absolute Gasteiger partial charge is 0.469 e. The molecule has 6 nitrogen and oxygen atoms in total. The van der Waals surface area contributed by atoms with Gasteiger partial charge in [-0.2, -0.15) is 5.10 Å². The first-order valence-electron chi connectivity index (χ1n) is 8.50. The standard InChI is InChI=1S/C18H26N4O2/c1-12(7-8-14-6-5-9-24-14)20-16-10-17(23)21(3)18(16)15-11-19-22(4)13(15)2/h5-6,9,11-12,16,18,20H,7-8,10H2,1-4H3/t12-,16-,18+/m1/s1. The van der Waals surface area contributed by atoms with Crippen molar-refractivity contribution < 1.29 is 9.21 Å². The molecule has 3 rings (SSSR count). The third kappa shape index (κ3) is 3.24. The van der Waals surface area contributed by atoms with E-state index in [1.807, 2.05) is 42.0 Å². The average molecular weight is 330 g/mol. The summed E-state index contributed by atoms with van der Waals surface area (Å²) in [6.07, 6.45) is 5.99. The number of aryl methyl sites for hydroxylation is 2. The lowest BCUT2D eigenvalue weighted by atomic mass is 9.99. The van der Waals surface area contributed by atoms with E-state index in [4.69, 9.17) is 4.42 Å². The van der Waals surface area contributed by atoms with Crippen molar-refractivity contribution in [2.75, 3.05) is 7.05 Å². The Hall–Kier alpha value is -2.08. The van der Waals surface area contributed by atoms with Gasteiger partial charge in [0.15, 0.2) is 0 Å². The molecule has 1 N–H and O–H groups in total. The van der Waals surface area contributed by atoms with Crippen molar-refractivity contribution in [2.45, 2.75) is 51.2 Å². The Morgan fingerprint density at radius 2 is 2.25 bits per heavy atom. The van der Waals surface area contributed by atoms with Gasteiger partial charge in [-0.1, -0.05) is 0 Å². The predicted octanol–water partition coefficient (Wildman–Crippen LogP) is 2.20. The van der Waals surface area contributed by atoms with Crippen molar-refractivity contribution in [2.24, 2.45) is 7.05 Å². The van der Waals surface area contributed by atoms with Crippen molar-refractivity contribution in [3.8, 4) is 0 Å². The molecule has 0 saturated carbocycles. The van der Waals surface area contributed by atoms with Crippen LogP contribution in [0.4, 0.5) is 0 Å². The molecule has 0 aliphatic carbocycles. The second kappa shape index (κ2) is 6.81. The van der Waals surface area contributed by atoms with E-state index in [0.29, 0.717) is 12.5 Å². The number of hydrogen-bond acceptors (Lipinski definition) is 4. The number of carbonyl (C=O) groups excluding carboxylic acids is 1. The highest BCUT2D eigenvalue weighted by Crippen LogP contribution is 2.33. The second-order valence-electron chi connectivity index (χ2n) is 6.75. The van der Waals surface area contributed by atoms with E-state index in [-0.39, 0.29) is 18.0 Å². The summed E-state index contributed by atoms with van der Waals surface area (Å²) >= 11 is 0. The summed E-state index contributed by atoms with van der Waals surface area (Å²) < 4.78 is 7.26. The maximum absolute atomic E-state index is 12.3. The molecule has 0 spiro atoms. The van der Waals surface area contributed by atoms with Crippen LogP contribution in [0.3, 0.4) is 0 Å².